The second kappa shape index (κ2) is 4.72. The van der Waals surface area contributed by atoms with Gasteiger partial charge in [-0.3, -0.25) is 0 Å². The smallest absolute Gasteiger partial charge is 0.135 e. The number of aromatic amines is 1. The van der Waals surface area contributed by atoms with Crippen LogP contribution in [0.5, 0.6) is 0 Å². The highest BCUT2D eigenvalue weighted by molar-refractivity contribution is 5.94. The summed E-state index contributed by atoms with van der Waals surface area (Å²) in [6, 6.07) is 10.1. The molecule has 2 aromatic heterocycles. The molecule has 0 spiro atoms. The predicted octanol–water partition coefficient (Wildman–Crippen LogP) is 2.86. The first-order valence-corrected chi connectivity index (χ1v) is 6.72. The lowest BCUT2D eigenvalue weighted by Crippen LogP contribution is -2.30. The molecule has 0 atom stereocenters. The van der Waals surface area contributed by atoms with Crippen LogP contribution in [0.4, 0.5) is 0 Å². The summed E-state index contributed by atoms with van der Waals surface area (Å²) in [4.78, 5) is 12.3. The van der Waals surface area contributed by atoms with Crippen LogP contribution in [0.1, 0.15) is 19.7 Å². The van der Waals surface area contributed by atoms with Crippen LogP contribution in [0, 0.1) is 0 Å². The second-order valence-corrected chi connectivity index (χ2v) is 5.60. The molecular formula is C16H18N4. The van der Waals surface area contributed by atoms with E-state index < -0.39 is 0 Å². The third-order valence-corrected chi connectivity index (χ3v) is 3.64. The highest BCUT2D eigenvalue weighted by Crippen LogP contribution is 2.28. The fraction of sp³-hybridized carbons (Fsp3) is 0.250. The Morgan fingerprint density at radius 2 is 2.00 bits per heavy atom. The molecular weight excluding hydrogens is 248 g/mol. The molecule has 2 heterocycles. The Labute approximate surface area is 118 Å². The summed E-state index contributed by atoms with van der Waals surface area (Å²) in [6.07, 6.45) is 3.79. The molecule has 0 amide bonds. The molecule has 0 fully saturated rings. The van der Waals surface area contributed by atoms with Gasteiger partial charge in [-0.25, -0.2) is 9.97 Å². The zero-order chi connectivity index (χ0) is 14.2. The van der Waals surface area contributed by atoms with Crippen LogP contribution in [0.2, 0.25) is 0 Å². The van der Waals surface area contributed by atoms with E-state index in [1.54, 1.807) is 6.20 Å². The van der Waals surface area contributed by atoms with Crippen molar-refractivity contribution in [2.45, 2.75) is 19.3 Å². The van der Waals surface area contributed by atoms with Gasteiger partial charge in [0.05, 0.1) is 5.69 Å². The Morgan fingerprint density at radius 3 is 2.80 bits per heavy atom. The molecule has 102 valence electrons. The Hall–Kier alpha value is -2.20. The van der Waals surface area contributed by atoms with E-state index in [9.17, 15) is 0 Å². The summed E-state index contributed by atoms with van der Waals surface area (Å²) >= 11 is 0. The first-order valence-electron chi connectivity index (χ1n) is 6.72. The van der Waals surface area contributed by atoms with Crippen molar-refractivity contribution in [3.05, 3.63) is 48.5 Å². The molecule has 0 saturated carbocycles. The summed E-state index contributed by atoms with van der Waals surface area (Å²) in [6.45, 7) is 4.63. The van der Waals surface area contributed by atoms with E-state index in [1.807, 2.05) is 24.4 Å². The monoisotopic (exact) mass is 266 g/mol. The maximum absolute atomic E-state index is 5.81. The Bertz CT molecular complexity index is 743. The second-order valence-electron chi connectivity index (χ2n) is 5.60. The number of para-hydroxylation sites is 1. The van der Waals surface area contributed by atoms with Crippen LogP contribution in [-0.2, 0) is 5.41 Å². The number of hydrogen-bond acceptors (Lipinski definition) is 3. The number of nitrogens with zero attached hydrogens (tertiary/aromatic N) is 2. The number of nitrogens with one attached hydrogen (secondary N) is 1. The van der Waals surface area contributed by atoms with Gasteiger partial charge in [0, 0.05) is 40.8 Å². The van der Waals surface area contributed by atoms with Crippen LogP contribution in [0.15, 0.2) is 42.7 Å². The van der Waals surface area contributed by atoms with E-state index >= 15 is 0 Å². The number of rotatable bonds is 3. The van der Waals surface area contributed by atoms with Gasteiger partial charge in [-0.2, -0.15) is 0 Å². The van der Waals surface area contributed by atoms with Gasteiger partial charge in [-0.1, -0.05) is 32.0 Å². The molecule has 4 heteroatoms. The molecule has 3 aromatic rings. The van der Waals surface area contributed by atoms with Crippen molar-refractivity contribution in [1.82, 2.24) is 15.0 Å². The van der Waals surface area contributed by atoms with E-state index in [-0.39, 0.29) is 5.41 Å². The maximum atomic E-state index is 5.81. The van der Waals surface area contributed by atoms with Gasteiger partial charge in [-0.05, 0) is 12.1 Å². The first-order chi connectivity index (χ1) is 9.62. The number of fused-ring (bicyclic) bond motifs is 1. The van der Waals surface area contributed by atoms with E-state index in [0.717, 1.165) is 22.6 Å². The SMILES string of the molecule is CC(C)(CN)c1nccc(-c2c[nH]c3ccccc23)n1. The highest BCUT2D eigenvalue weighted by atomic mass is 14.9. The van der Waals surface area contributed by atoms with Crippen molar-refractivity contribution in [2.75, 3.05) is 6.54 Å². The highest BCUT2D eigenvalue weighted by Gasteiger charge is 2.22. The Morgan fingerprint density at radius 1 is 1.20 bits per heavy atom. The van der Waals surface area contributed by atoms with E-state index in [0.29, 0.717) is 6.54 Å². The third kappa shape index (κ3) is 2.08. The lowest BCUT2D eigenvalue weighted by molar-refractivity contribution is 0.503. The summed E-state index contributed by atoms with van der Waals surface area (Å²) in [7, 11) is 0. The van der Waals surface area contributed by atoms with Crippen LogP contribution < -0.4 is 5.73 Å². The van der Waals surface area contributed by atoms with Gasteiger partial charge >= 0.3 is 0 Å². The van der Waals surface area contributed by atoms with Crippen molar-refractivity contribution in [2.24, 2.45) is 5.73 Å². The lowest BCUT2D eigenvalue weighted by atomic mass is 9.92. The number of benzene rings is 1. The minimum atomic E-state index is -0.220. The normalized spacial score (nSPS) is 11.9. The maximum Gasteiger partial charge on any atom is 0.135 e. The van der Waals surface area contributed by atoms with E-state index in [2.05, 4.69) is 35.9 Å². The molecule has 3 N–H and O–H groups in total. The predicted molar refractivity (Wildman–Crippen MR) is 81.4 cm³/mol. The molecule has 0 aliphatic heterocycles. The molecule has 0 saturated heterocycles. The van der Waals surface area contributed by atoms with Gasteiger partial charge in [0.25, 0.3) is 0 Å². The first kappa shape index (κ1) is 12.8. The van der Waals surface area contributed by atoms with E-state index in [1.165, 1.54) is 5.39 Å². The minimum Gasteiger partial charge on any atom is -0.360 e. The fourth-order valence-corrected chi connectivity index (χ4v) is 2.21. The Kier molecular flexibility index (Phi) is 3.03. The zero-order valence-corrected chi connectivity index (χ0v) is 11.7. The number of hydrogen-bond donors (Lipinski definition) is 2. The van der Waals surface area contributed by atoms with Crippen molar-refractivity contribution in [3.63, 3.8) is 0 Å². The molecule has 1 aromatic carbocycles. The molecule has 0 bridgehead atoms. The average molecular weight is 266 g/mol. The van der Waals surface area contributed by atoms with Gasteiger partial charge in [0.2, 0.25) is 0 Å². The Balaban J connectivity index is 2.13. The molecule has 0 aliphatic rings. The topological polar surface area (TPSA) is 67.6 Å². The summed E-state index contributed by atoms with van der Waals surface area (Å²) in [5, 5.41) is 1.17. The summed E-state index contributed by atoms with van der Waals surface area (Å²) in [5.74, 6) is 0.780. The molecule has 4 nitrogen and oxygen atoms in total. The lowest BCUT2D eigenvalue weighted by Gasteiger charge is -2.20. The van der Waals surface area contributed by atoms with Crippen molar-refractivity contribution < 1.29 is 0 Å². The van der Waals surface area contributed by atoms with E-state index in [4.69, 9.17) is 10.7 Å². The molecule has 20 heavy (non-hydrogen) atoms. The molecule has 3 rings (SSSR count). The van der Waals surface area contributed by atoms with Crippen LogP contribution in [0.3, 0.4) is 0 Å². The van der Waals surface area contributed by atoms with Crippen molar-refractivity contribution in [1.29, 1.82) is 0 Å². The van der Waals surface area contributed by atoms with Crippen molar-refractivity contribution >= 4 is 10.9 Å². The van der Waals surface area contributed by atoms with Crippen LogP contribution in [0.25, 0.3) is 22.2 Å². The van der Waals surface area contributed by atoms with Crippen molar-refractivity contribution in [3.8, 4) is 11.3 Å². The van der Waals surface area contributed by atoms with Gasteiger partial charge in [0.1, 0.15) is 5.82 Å². The standard InChI is InChI=1S/C16H18N4/c1-16(2,10-17)15-18-8-7-14(20-15)12-9-19-13-6-4-3-5-11(12)13/h3-9,19H,10,17H2,1-2H3. The van der Waals surface area contributed by atoms with Gasteiger partial charge < -0.3 is 10.7 Å². The third-order valence-electron chi connectivity index (χ3n) is 3.64. The quantitative estimate of drug-likeness (QED) is 0.766. The van der Waals surface area contributed by atoms with Crippen LogP contribution in [-0.4, -0.2) is 21.5 Å². The molecule has 0 radical (unpaired) electrons. The number of nitrogens with two attached hydrogens (primary N) is 1. The number of aromatic nitrogens is 3. The molecule has 0 unspecified atom stereocenters. The minimum absolute atomic E-state index is 0.220. The fourth-order valence-electron chi connectivity index (χ4n) is 2.21. The van der Waals surface area contributed by atoms with Gasteiger partial charge in [-0.15, -0.1) is 0 Å². The van der Waals surface area contributed by atoms with Gasteiger partial charge in [0.15, 0.2) is 0 Å². The summed E-state index contributed by atoms with van der Waals surface area (Å²) < 4.78 is 0. The average Bonchev–Trinajstić information content (AvgIpc) is 2.91. The zero-order valence-electron chi connectivity index (χ0n) is 11.7. The molecule has 0 aliphatic carbocycles. The largest absolute Gasteiger partial charge is 0.360 e. The summed E-state index contributed by atoms with van der Waals surface area (Å²) in [5.41, 5.74) is 8.72. The number of H-pyrrole nitrogens is 1. The van der Waals surface area contributed by atoms with Crippen LogP contribution >= 0.6 is 0 Å².